The number of hydrogen-bond donors (Lipinski definition) is 4. The van der Waals surface area contributed by atoms with Gasteiger partial charge >= 0.3 is 0 Å². The third-order valence-electron chi connectivity index (χ3n) is 8.40. The SMILES string of the molecule is COc1c(C(=O)N[C@@H]2C[C@@H](Nc3nc4ccccc4[nH]3)c3c2cc(S(=O)(=O)NCC(C)C)c2cc(C4CC4)ncc32)csc1Cl. The number of nitrogens with one attached hydrogen (secondary N) is 4. The first-order valence-corrected chi connectivity index (χ1v) is 17.7. The van der Waals surface area contributed by atoms with Gasteiger partial charge in [-0.05, 0) is 60.6 Å². The van der Waals surface area contributed by atoms with Crippen molar-refractivity contribution in [3.8, 4) is 5.75 Å². The number of methoxy groups -OCH3 is 1. The number of pyridine rings is 1. The number of halogens is 1. The van der Waals surface area contributed by atoms with E-state index in [2.05, 4.69) is 20.3 Å². The fraction of sp³-hybridized carbons (Fsp3) is 0.344. The number of benzene rings is 2. The first-order chi connectivity index (χ1) is 21.6. The summed E-state index contributed by atoms with van der Waals surface area (Å²) in [5.74, 6) is 0.994. The molecule has 45 heavy (non-hydrogen) atoms. The van der Waals surface area contributed by atoms with E-state index in [1.807, 2.05) is 44.2 Å². The Morgan fingerprint density at radius 2 is 1.98 bits per heavy atom. The van der Waals surface area contributed by atoms with Gasteiger partial charge in [0.2, 0.25) is 16.0 Å². The highest BCUT2D eigenvalue weighted by Gasteiger charge is 2.38. The maximum Gasteiger partial charge on any atom is 0.256 e. The van der Waals surface area contributed by atoms with E-state index in [-0.39, 0.29) is 22.8 Å². The number of aromatic amines is 1. The zero-order valence-electron chi connectivity index (χ0n) is 25.0. The lowest BCUT2D eigenvalue weighted by Gasteiger charge is -2.19. The lowest BCUT2D eigenvalue weighted by atomic mass is 9.98. The van der Waals surface area contributed by atoms with Crippen LogP contribution >= 0.6 is 22.9 Å². The lowest BCUT2D eigenvalue weighted by molar-refractivity contribution is 0.0933. The van der Waals surface area contributed by atoms with Gasteiger partial charge in [0, 0.05) is 40.5 Å². The number of nitrogens with zero attached hydrogens (tertiary/aromatic N) is 2. The van der Waals surface area contributed by atoms with Gasteiger partial charge in [-0.3, -0.25) is 9.78 Å². The van der Waals surface area contributed by atoms with Crippen LogP contribution < -0.4 is 20.1 Å². The van der Waals surface area contributed by atoms with Gasteiger partial charge < -0.3 is 20.4 Å². The number of sulfonamides is 1. The number of imidazole rings is 1. The predicted octanol–water partition coefficient (Wildman–Crippen LogP) is 6.67. The summed E-state index contributed by atoms with van der Waals surface area (Å²) >= 11 is 7.49. The Bertz CT molecular complexity index is 2020. The van der Waals surface area contributed by atoms with Crippen molar-refractivity contribution in [3.63, 3.8) is 0 Å². The summed E-state index contributed by atoms with van der Waals surface area (Å²) in [6.45, 7) is 4.23. The summed E-state index contributed by atoms with van der Waals surface area (Å²) in [4.78, 5) is 26.6. The van der Waals surface area contributed by atoms with E-state index in [9.17, 15) is 13.2 Å². The van der Waals surface area contributed by atoms with Gasteiger partial charge in [0.15, 0.2) is 5.75 Å². The molecule has 2 aromatic carbocycles. The van der Waals surface area contributed by atoms with Crippen molar-refractivity contribution >= 4 is 66.6 Å². The Morgan fingerprint density at radius 3 is 2.71 bits per heavy atom. The molecule has 3 aromatic heterocycles. The first-order valence-electron chi connectivity index (χ1n) is 14.9. The minimum atomic E-state index is -3.90. The average molecular weight is 665 g/mol. The number of ether oxygens (including phenoxy) is 1. The van der Waals surface area contributed by atoms with Crippen LogP contribution in [-0.2, 0) is 10.0 Å². The van der Waals surface area contributed by atoms with E-state index in [1.165, 1.54) is 18.4 Å². The first kappa shape index (κ1) is 30.0. The molecule has 0 unspecified atom stereocenters. The van der Waals surface area contributed by atoms with Gasteiger partial charge in [0.05, 0.1) is 40.7 Å². The van der Waals surface area contributed by atoms with E-state index < -0.39 is 16.1 Å². The Hall–Kier alpha value is -3.71. The second-order valence-electron chi connectivity index (χ2n) is 12.1. The third kappa shape index (κ3) is 5.65. The third-order valence-corrected chi connectivity index (χ3v) is 11.0. The minimum absolute atomic E-state index is 0.126. The number of H-pyrrole nitrogens is 1. The zero-order chi connectivity index (χ0) is 31.5. The molecule has 1 amide bonds. The average Bonchev–Trinajstić information content (AvgIpc) is 3.55. The molecule has 2 atom stereocenters. The van der Waals surface area contributed by atoms with Gasteiger partial charge in [0.25, 0.3) is 5.91 Å². The van der Waals surface area contributed by atoms with Gasteiger partial charge in [-0.1, -0.05) is 37.6 Å². The van der Waals surface area contributed by atoms with E-state index >= 15 is 0 Å². The quantitative estimate of drug-likeness (QED) is 0.131. The zero-order valence-corrected chi connectivity index (χ0v) is 27.4. The fourth-order valence-electron chi connectivity index (χ4n) is 6.04. The molecule has 5 aromatic rings. The van der Waals surface area contributed by atoms with E-state index in [4.69, 9.17) is 26.3 Å². The summed E-state index contributed by atoms with van der Waals surface area (Å²) in [7, 11) is -2.42. The number of para-hydroxylation sites is 2. The van der Waals surface area contributed by atoms with Crippen molar-refractivity contribution in [2.24, 2.45) is 5.92 Å². The maximum atomic E-state index is 13.9. The molecule has 4 N–H and O–H groups in total. The van der Waals surface area contributed by atoms with E-state index in [0.717, 1.165) is 40.5 Å². The molecule has 0 spiro atoms. The summed E-state index contributed by atoms with van der Waals surface area (Å²) in [6, 6.07) is 10.6. The van der Waals surface area contributed by atoms with Crippen molar-refractivity contribution in [1.82, 2.24) is 25.0 Å². The molecule has 10 nitrogen and oxygen atoms in total. The van der Waals surface area contributed by atoms with Crippen LogP contribution in [0.25, 0.3) is 21.8 Å². The van der Waals surface area contributed by atoms with Crippen molar-refractivity contribution < 1.29 is 17.9 Å². The van der Waals surface area contributed by atoms with Crippen molar-refractivity contribution in [1.29, 1.82) is 0 Å². The molecule has 0 bridgehead atoms. The highest BCUT2D eigenvalue weighted by molar-refractivity contribution is 7.89. The summed E-state index contributed by atoms with van der Waals surface area (Å²) in [6.07, 6.45) is 4.32. The van der Waals surface area contributed by atoms with Crippen LogP contribution in [0.5, 0.6) is 5.75 Å². The molecular formula is C32H33ClN6O4S2. The summed E-state index contributed by atoms with van der Waals surface area (Å²) in [5, 5.41) is 9.69. The number of anilines is 1. The Morgan fingerprint density at radius 1 is 1.18 bits per heavy atom. The molecular weight excluding hydrogens is 632 g/mol. The molecule has 7 rings (SSSR count). The van der Waals surface area contributed by atoms with Crippen LogP contribution in [0.4, 0.5) is 5.95 Å². The standard InChI is InChI=1S/C32H33ClN6O4S2/c1-16(2)13-35-45(41,42)27-11-19-25(36-31(40)21-15-44-30(33)29(21)43-3)12-26(39-32-37-22-6-4-5-7-23(22)38-32)28(19)20-14-34-24(10-18(20)27)17-8-9-17/h4-7,10-11,14-17,25-26,35H,8-9,12-13H2,1-3H3,(H,36,40)(H2,37,38,39)/t25-,26-/m1/s1. The highest BCUT2D eigenvalue weighted by Crippen LogP contribution is 2.48. The second kappa shape index (κ2) is 11.6. The number of aromatic nitrogens is 3. The molecule has 2 aliphatic carbocycles. The van der Waals surface area contributed by atoms with Gasteiger partial charge in [-0.15, -0.1) is 11.3 Å². The van der Waals surface area contributed by atoms with Crippen LogP contribution in [0, 0.1) is 5.92 Å². The Balaban J connectivity index is 1.37. The van der Waals surface area contributed by atoms with Crippen LogP contribution in [0.2, 0.25) is 4.34 Å². The molecule has 1 fully saturated rings. The molecule has 0 saturated heterocycles. The lowest BCUT2D eigenvalue weighted by Crippen LogP contribution is -2.29. The summed E-state index contributed by atoms with van der Waals surface area (Å²) < 4.78 is 36.3. The summed E-state index contributed by atoms with van der Waals surface area (Å²) in [5.41, 5.74) is 4.52. The van der Waals surface area contributed by atoms with Crippen LogP contribution in [0.1, 0.15) is 78.3 Å². The number of carbonyl (C=O) groups excluding carboxylic acids is 1. The van der Waals surface area contributed by atoms with Crippen LogP contribution in [-0.4, -0.2) is 42.9 Å². The van der Waals surface area contributed by atoms with Crippen molar-refractivity contribution in [2.45, 2.75) is 56.0 Å². The number of thiophene rings is 1. The second-order valence-corrected chi connectivity index (χ2v) is 15.3. The molecule has 234 valence electrons. The predicted molar refractivity (Wildman–Crippen MR) is 177 cm³/mol. The number of hydrogen-bond acceptors (Lipinski definition) is 8. The van der Waals surface area contributed by atoms with Gasteiger partial charge in [-0.25, -0.2) is 18.1 Å². The molecule has 0 radical (unpaired) electrons. The number of amides is 1. The van der Waals surface area contributed by atoms with Crippen LogP contribution in [0.3, 0.4) is 0 Å². The maximum absolute atomic E-state index is 13.9. The normalized spacial score (nSPS) is 18.1. The molecule has 13 heteroatoms. The largest absolute Gasteiger partial charge is 0.493 e. The number of rotatable bonds is 10. The van der Waals surface area contributed by atoms with Crippen LogP contribution in [0.15, 0.2) is 52.9 Å². The topological polar surface area (TPSA) is 138 Å². The Labute approximate surface area is 270 Å². The molecule has 3 heterocycles. The molecule has 2 aliphatic rings. The minimum Gasteiger partial charge on any atom is -0.493 e. The fourth-order valence-corrected chi connectivity index (χ4v) is 8.54. The Kier molecular flexibility index (Phi) is 7.71. The number of fused-ring (bicyclic) bond motifs is 4. The van der Waals surface area contributed by atoms with Gasteiger partial charge in [0.1, 0.15) is 4.34 Å². The van der Waals surface area contributed by atoms with Crippen molar-refractivity contribution in [3.05, 3.63) is 74.7 Å². The monoisotopic (exact) mass is 664 g/mol. The molecule has 0 aliphatic heterocycles. The van der Waals surface area contributed by atoms with Crippen molar-refractivity contribution in [2.75, 3.05) is 19.0 Å². The van der Waals surface area contributed by atoms with E-state index in [1.54, 1.807) is 17.6 Å². The number of carbonyl (C=O) groups is 1. The van der Waals surface area contributed by atoms with E-state index in [0.29, 0.717) is 51.4 Å². The highest BCUT2D eigenvalue weighted by atomic mass is 35.5. The molecule has 1 saturated carbocycles. The smallest absolute Gasteiger partial charge is 0.256 e. The van der Waals surface area contributed by atoms with Gasteiger partial charge in [-0.2, -0.15) is 0 Å².